The van der Waals surface area contributed by atoms with Gasteiger partial charge in [0.15, 0.2) is 0 Å². The van der Waals surface area contributed by atoms with Gasteiger partial charge in [-0.2, -0.15) is 5.26 Å². The summed E-state index contributed by atoms with van der Waals surface area (Å²) in [5.74, 6) is 0.0759. The average Bonchev–Trinajstić information content (AvgIpc) is 2.42. The van der Waals surface area contributed by atoms with Crippen molar-refractivity contribution in [3.63, 3.8) is 0 Å². The molecule has 0 aliphatic carbocycles. The molecule has 0 aliphatic rings. The van der Waals surface area contributed by atoms with E-state index in [1.165, 1.54) is 12.1 Å². The lowest BCUT2D eigenvalue weighted by molar-refractivity contribution is 0.0696. The molecule has 0 amide bonds. The van der Waals surface area contributed by atoms with Gasteiger partial charge in [0.1, 0.15) is 11.5 Å². The van der Waals surface area contributed by atoms with Gasteiger partial charge in [0, 0.05) is 0 Å². The van der Waals surface area contributed by atoms with Crippen LogP contribution in [-0.4, -0.2) is 11.1 Å². The van der Waals surface area contributed by atoms with E-state index >= 15 is 0 Å². The maximum absolute atomic E-state index is 10.8. The van der Waals surface area contributed by atoms with E-state index < -0.39 is 5.97 Å². The van der Waals surface area contributed by atoms with Gasteiger partial charge in [-0.25, -0.2) is 4.79 Å². The van der Waals surface area contributed by atoms with E-state index in [-0.39, 0.29) is 5.56 Å². The van der Waals surface area contributed by atoms with Crippen molar-refractivity contribution >= 4 is 5.97 Å². The Balaban J connectivity index is 2.14. The number of nitrogens with zero attached hydrogens (tertiary/aromatic N) is 1. The van der Waals surface area contributed by atoms with Gasteiger partial charge in [-0.15, -0.1) is 0 Å². The molecule has 1 N–H and O–H groups in total. The number of ether oxygens (including phenoxy) is 1. The predicted molar refractivity (Wildman–Crippen MR) is 69.2 cm³/mol. The highest BCUT2D eigenvalue weighted by Crippen LogP contribution is 2.22. The summed E-state index contributed by atoms with van der Waals surface area (Å²) in [6.45, 7) is 0. The molecule has 94 valence electrons. The minimum atomic E-state index is -0.991. The van der Waals surface area contributed by atoms with Gasteiger partial charge in [-0.1, -0.05) is 18.2 Å². The third kappa shape index (κ3) is 3.33. The Hall–Kier alpha value is -2.80. The molecule has 0 spiro atoms. The van der Waals surface area contributed by atoms with Crippen LogP contribution in [-0.2, 0) is 6.42 Å². The van der Waals surface area contributed by atoms with Gasteiger partial charge < -0.3 is 9.84 Å². The summed E-state index contributed by atoms with van der Waals surface area (Å²) >= 11 is 0. The maximum atomic E-state index is 10.8. The molecule has 0 heterocycles. The molecule has 4 heteroatoms. The zero-order chi connectivity index (χ0) is 13.7. The Morgan fingerprint density at radius 1 is 1.16 bits per heavy atom. The summed E-state index contributed by atoms with van der Waals surface area (Å²) in [7, 11) is 0. The van der Waals surface area contributed by atoms with Crippen LogP contribution < -0.4 is 4.74 Å². The molecule has 0 fully saturated rings. The smallest absolute Gasteiger partial charge is 0.335 e. The maximum Gasteiger partial charge on any atom is 0.335 e. The first kappa shape index (κ1) is 12.7. The number of rotatable bonds is 4. The number of carboxylic acids is 1. The first-order valence-electron chi connectivity index (χ1n) is 5.66. The van der Waals surface area contributed by atoms with E-state index in [0.29, 0.717) is 17.9 Å². The van der Waals surface area contributed by atoms with Crippen molar-refractivity contribution in [1.82, 2.24) is 0 Å². The molecule has 0 unspecified atom stereocenters. The van der Waals surface area contributed by atoms with Gasteiger partial charge in [0.2, 0.25) is 0 Å². The van der Waals surface area contributed by atoms with E-state index in [2.05, 4.69) is 6.07 Å². The van der Waals surface area contributed by atoms with Crippen LogP contribution in [0.5, 0.6) is 11.5 Å². The van der Waals surface area contributed by atoms with E-state index in [1.807, 2.05) is 0 Å². The number of nitriles is 1. The highest BCUT2D eigenvalue weighted by atomic mass is 16.5. The minimum absolute atomic E-state index is 0.179. The second kappa shape index (κ2) is 5.69. The van der Waals surface area contributed by atoms with Crippen molar-refractivity contribution in [1.29, 1.82) is 5.26 Å². The van der Waals surface area contributed by atoms with Gasteiger partial charge >= 0.3 is 5.97 Å². The zero-order valence-electron chi connectivity index (χ0n) is 10.0. The largest absolute Gasteiger partial charge is 0.478 e. The first-order chi connectivity index (χ1) is 9.19. The normalized spacial score (nSPS) is 9.63. The first-order valence-corrected chi connectivity index (χ1v) is 5.66. The number of hydrogen-bond donors (Lipinski definition) is 1. The highest BCUT2D eigenvalue weighted by Gasteiger charge is 2.04. The number of aromatic carboxylic acids is 1. The Morgan fingerprint density at radius 3 is 2.53 bits per heavy atom. The summed E-state index contributed by atoms with van der Waals surface area (Å²) in [4.78, 5) is 10.8. The van der Waals surface area contributed by atoms with Crippen LogP contribution in [0.15, 0.2) is 48.5 Å². The van der Waals surface area contributed by atoms with E-state index in [1.54, 1.807) is 36.4 Å². The standard InChI is InChI=1S/C15H11NO3/c16-9-8-11-4-6-13(7-5-11)19-14-3-1-2-12(10-14)15(17)18/h1-7,10H,8H2,(H,17,18). The predicted octanol–water partition coefficient (Wildman–Crippen LogP) is 3.24. The van der Waals surface area contributed by atoms with Gasteiger partial charge in [0.25, 0.3) is 0 Å². The fourth-order valence-corrected chi connectivity index (χ4v) is 1.60. The van der Waals surface area contributed by atoms with Crippen LogP contribution in [0.2, 0.25) is 0 Å². The lowest BCUT2D eigenvalue weighted by Crippen LogP contribution is -1.96. The van der Waals surface area contributed by atoms with Crippen molar-refractivity contribution in [2.45, 2.75) is 6.42 Å². The molecule has 0 saturated heterocycles. The lowest BCUT2D eigenvalue weighted by Gasteiger charge is -2.06. The fraction of sp³-hybridized carbons (Fsp3) is 0.0667. The average molecular weight is 253 g/mol. The fourth-order valence-electron chi connectivity index (χ4n) is 1.60. The van der Waals surface area contributed by atoms with Crippen molar-refractivity contribution in [2.75, 3.05) is 0 Å². The topological polar surface area (TPSA) is 70.3 Å². The molecule has 0 bridgehead atoms. The molecule has 4 nitrogen and oxygen atoms in total. The zero-order valence-corrected chi connectivity index (χ0v) is 10.0. The molecule has 19 heavy (non-hydrogen) atoms. The van der Waals surface area contributed by atoms with Crippen LogP contribution in [0.3, 0.4) is 0 Å². The van der Waals surface area contributed by atoms with Crippen LogP contribution in [0.4, 0.5) is 0 Å². The molecule has 0 aliphatic heterocycles. The van der Waals surface area contributed by atoms with Crippen LogP contribution in [0.25, 0.3) is 0 Å². The van der Waals surface area contributed by atoms with Gasteiger partial charge in [-0.05, 0) is 35.9 Å². The van der Waals surface area contributed by atoms with E-state index in [0.717, 1.165) is 5.56 Å². The molecule has 0 radical (unpaired) electrons. The molecular weight excluding hydrogens is 242 g/mol. The third-order valence-corrected chi connectivity index (χ3v) is 2.52. The van der Waals surface area contributed by atoms with Crippen molar-refractivity contribution in [3.8, 4) is 17.6 Å². The van der Waals surface area contributed by atoms with Gasteiger partial charge in [-0.3, -0.25) is 0 Å². The Bertz CT molecular complexity index is 627. The Kier molecular flexibility index (Phi) is 3.79. The van der Waals surface area contributed by atoms with Crippen LogP contribution in [0, 0.1) is 11.3 Å². The molecule has 2 rings (SSSR count). The Morgan fingerprint density at radius 2 is 1.89 bits per heavy atom. The number of benzene rings is 2. The van der Waals surface area contributed by atoms with Crippen molar-refractivity contribution in [3.05, 3.63) is 59.7 Å². The molecule has 0 atom stereocenters. The quantitative estimate of drug-likeness (QED) is 0.907. The summed E-state index contributed by atoms with van der Waals surface area (Å²) in [6.07, 6.45) is 0.356. The van der Waals surface area contributed by atoms with E-state index in [9.17, 15) is 4.79 Å². The Labute approximate surface area is 110 Å². The number of carbonyl (C=O) groups is 1. The van der Waals surface area contributed by atoms with E-state index in [4.69, 9.17) is 15.1 Å². The SMILES string of the molecule is N#CCc1ccc(Oc2cccc(C(=O)O)c2)cc1. The highest BCUT2D eigenvalue weighted by molar-refractivity contribution is 5.88. The van der Waals surface area contributed by atoms with Gasteiger partial charge in [0.05, 0.1) is 18.1 Å². The summed E-state index contributed by atoms with van der Waals surface area (Å²) < 4.78 is 5.56. The minimum Gasteiger partial charge on any atom is -0.478 e. The second-order valence-electron chi connectivity index (χ2n) is 3.91. The summed E-state index contributed by atoms with van der Waals surface area (Å²) in [5.41, 5.74) is 1.09. The van der Waals surface area contributed by atoms with Crippen molar-refractivity contribution in [2.24, 2.45) is 0 Å². The summed E-state index contributed by atoms with van der Waals surface area (Å²) in [6, 6.07) is 15.5. The number of hydrogen-bond acceptors (Lipinski definition) is 3. The third-order valence-electron chi connectivity index (χ3n) is 2.52. The number of carboxylic acid groups (broad SMARTS) is 1. The summed E-state index contributed by atoms with van der Waals surface area (Å²) in [5, 5.41) is 17.5. The molecular formula is C15H11NO3. The molecule has 0 aromatic heterocycles. The molecule has 2 aromatic rings. The monoisotopic (exact) mass is 253 g/mol. The lowest BCUT2D eigenvalue weighted by atomic mass is 10.1. The van der Waals surface area contributed by atoms with Crippen LogP contribution in [0.1, 0.15) is 15.9 Å². The second-order valence-corrected chi connectivity index (χ2v) is 3.91. The van der Waals surface area contributed by atoms with Crippen molar-refractivity contribution < 1.29 is 14.6 Å². The molecule has 0 saturated carbocycles. The van der Waals surface area contributed by atoms with Crippen LogP contribution >= 0.6 is 0 Å². The molecule has 2 aromatic carbocycles.